The molecule has 2 aromatic rings. The van der Waals surface area contributed by atoms with Crippen LogP contribution in [0, 0.1) is 6.92 Å². The van der Waals surface area contributed by atoms with Crippen molar-refractivity contribution in [2.24, 2.45) is 5.84 Å². The van der Waals surface area contributed by atoms with Crippen molar-refractivity contribution in [3.8, 4) is 0 Å². The topological polar surface area (TPSA) is 103 Å². The predicted molar refractivity (Wildman–Crippen MR) is 64.6 cm³/mol. The van der Waals surface area contributed by atoms with Gasteiger partial charge in [-0.05, 0) is 24.6 Å². The van der Waals surface area contributed by atoms with Gasteiger partial charge >= 0.3 is 0 Å². The lowest BCUT2D eigenvalue weighted by atomic mass is 10.1. The van der Waals surface area contributed by atoms with E-state index < -0.39 is 0 Å². The standard InChI is InChI=1S/C11H14N6/c1-7-5-8(10(12)16-6-7)9(17-13)11-14-3-2-4-15-11/h2-6,9,17H,13H2,1H3,(H2,12,16). The molecule has 17 heavy (non-hydrogen) atoms. The fourth-order valence-electron chi connectivity index (χ4n) is 1.60. The third-order valence-electron chi connectivity index (χ3n) is 2.41. The second-order valence-corrected chi connectivity index (χ2v) is 3.69. The summed E-state index contributed by atoms with van der Waals surface area (Å²) in [5.74, 6) is 6.53. The number of rotatable bonds is 3. The summed E-state index contributed by atoms with van der Waals surface area (Å²) < 4.78 is 0. The Morgan fingerprint density at radius 2 is 1.94 bits per heavy atom. The maximum atomic E-state index is 5.84. The van der Waals surface area contributed by atoms with Gasteiger partial charge in [0.25, 0.3) is 0 Å². The first-order valence-electron chi connectivity index (χ1n) is 5.17. The van der Waals surface area contributed by atoms with Crippen molar-refractivity contribution < 1.29 is 0 Å². The van der Waals surface area contributed by atoms with Crippen LogP contribution in [0.4, 0.5) is 5.82 Å². The van der Waals surface area contributed by atoms with Gasteiger partial charge in [-0.1, -0.05) is 0 Å². The number of nitrogen functional groups attached to an aromatic ring is 1. The number of aromatic nitrogens is 3. The molecule has 1 atom stereocenters. The monoisotopic (exact) mass is 230 g/mol. The van der Waals surface area contributed by atoms with E-state index >= 15 is 0 Å². The molecule has 2 heterocycles. The molecule has 0 aliphatic rings. The predicted octanol–water partition coefficient (Wildman–Crippen LogP) is 0.315. The van der Waals surface area contributed by atoms with E-state index in [9.17, 15) is 0 Å². The molecule has 0 aliphatic heterocycles. The lowest BCUT2D eigenvalue weighted by Gasteiger charge is -2.16. The first-order valence-corrected chi connectivity index (χ1v) is 5.17. The van der Waals surface area contributed by atoms with Gasteiger partial charge in [0.05, 0.1) is 0 Å². The number of hydrazine groups is 1. The first-order chi connectivity index (χ1) is 8.22. The van der Waals surface area contributed by atoms with Crippen molar-refractivity contribution in [3.63, 3.8) is 0 Å². The fourth-order valence-corrected chi connectivity index (χ4v) is 1.60. The summed E-state index contributed by atoms with van der Waals surface area (Å²) in [5, 5.41) is 0. The summed E-state index contributed by atoms with van der Waals surface area (Å²) in [6.45, 7) is 1.94. The number of aryl methyl sites for hydroxylation is 1. The second-order valence-electron chi connectivity index (χ2n) is 3.69. The molecule has 0 bridgehead atoms. The average Bonchev–Trinajstić information content (AvgIpc) is 2.36. The number of anilines is 1. The van der Waals surface area contributed by atoms with Crippen LogP contribution in [-0.4, -0.2) is 15.0 Å². The largest absolute Gasteiger partial charge is 0.383 e. The summed E-state index contributed by atoms with van der Waals surface area (Å²) in [6, 6.07) is 3.31. The smallest absolute Gasteiger partial charge is 0.151 e. The van der Waals surface area contributed by atoms with Crippen molar-refractivity contribution in [1.29, 1.82) is 0 Å². The zero-order valence-electron chi connectivity index (χ0n) is 9.46. The molecule has 0 radical (unpaired) electrons. The Kier molecular flexibility index (Phi) is 3.27. The van der Waals surface area contributed by atoms with Gasteiger partial charge in [0.2, 0.25) is 0 Å². The summed E-state index contributed by atoms with van der Waals surface area (Å²) in [6.07, 6.45) is 5.02. The minimum absolute atomic E-state index is 0.358. The van der Waals surface area contributed by atoms with Crippen LogP contribution < -0.4 is 17.0 Å². The van der Waals surface area contributed by atoms with Gasteiger partial charge in [0, 0.05) is 24.2 Å². The zero-order valence-corrected chi connectivity index (χ0v) is 9.46. The van der Waals surface area contributed by atoms with Crippen LogP contribution in [-0.2, 0) is 0 Å². The van der Waals surface area contributed by atoms with E-state index in [0.29, 0.717) is 11.6 Å². The Hall–Kier alpha value is -2.05. The lowest BCUT2D eigenvalue weighted by Crippen LogP contribution is -2.31. The lowest BCUT2D eigenvalue weighted by molar-refractivity contribution is 0.601. The molecule has 0 spiro atoms. The molecular formula is C11H14N6. The van der Waals surface area contributed by atoms with Gasteiger partial charge in [-0.3, -0.25) is 5.84 Å². The van der Waals surface area contributed by atoms with E-state index in [1.165, 1.54) is 0 Å². The number of nitrogens with two attached hydrogens (primary N) is 2. The van der Waals surface area contributed by atoms with Gasteiger partial charge < -0.3 is 5.73 Å². The Morgan fingerprint density at radius 1 is 1.24 bits per heavy atom. The highest BCUT2D eigenvalue weighted by molar-refractivity contribution is 5.45. The van der Waals surface area contributed by atoms with Crippen LogP contribution in [0.25, 0.3) is 0 Å². The highest BCUT2D eigenvalue weighted by Gasteiger charge is 2.18. The van der Waals surface area contributed by atoms with Crippen LogP contribution in [0.15, 0.2) is 30.7 Å². The van der Waals surface area contributed by atoms with Crippen molar-refractivity contribution >= 4 is 5.82 Å². The van der Waals surface area contributed by atoms with Crippen LogP contribution in [0.1, 0.15) is 23.0 Å². The van der Waals surface area contributed by atoms with E-state index in [-0.39, 0.29) is 6.04 Å². The molecule has 88 valence electrons. The summed E-state index contributed by atoms with van der Waals surface area (Å²) in [4.78, 5) is 12.4. The Labute approximate surface area is 99.1 Å². The van der Waals surface area contributed by atoms with Crippen molar-refractivity contribution in [2.45, 2.75) is 13.0 Å². The quantitative estimate of drug-likeness (QED) is 0.518. The molecule has 0 aromatic carbocycles. The average molecular weight is 230 g/mol. The van der Waals surface area contributed by atoms with Gasteiger partial charge in [-0.25, -0.2) is 20.4 Å². The molecule has 0 aliphatic carbocycles. The van der Waals surface area contributed by atoms with Crippen LogP contribution in [0.5, 0.6) is 0 Å². The highest BCUT2D eigenvalue weighted by Crippen LogP contribution is 2.22. The van der Waals surface area contributed by atoms with Gasteiger partial charge in [0.15, 0.2) is 5.82 Å². The summed E-state index contributed by atoms with van der Waals surface area (Å²) >= 11 is 0. The molecule has 1 unspecified atom stereocenters. The molecule has 0 fully saturated rings. The van der Waals surface area contributed by atoms with E-state index in [4.69, 9.17) is 11.6 Å². The van der Waals surface area contributed by atoms with Gasteiger partial charge in [-0.2, -0.15) is 0 Å². The van der Waals surface area contributed by atoms with Crippen LogP contribution >= 0.6 is 0 Å². The second kappa shape index (κ2) is 4.86. The van der Waals surface area contributed by atoms with Crippen molar-refractivity contribution in [2.75, 3.05) is 5.73 Å². The third kappa shape index (κ3) is 2.38. The minimum atomic E-state index is -0.358. The maximum absolute atomic E-state index is 5.84. The molecule has 2 rings (SSSR count). The summed E-state index contributed by atoms with van der Waals surface area (Å²) in [7, 11) is 0. The molecule has 6 heteroatoms. The summed E-state index contributed by atoms with van der Waals surface area (Å²) in [5.41, 5.74) is 10.3. The molecular weight excluding hydrogens is 216 g/mol. The van der Waals surface area contributed by atoms with E-state index in [1.54, 1.807) is 24.7 Å². The number of nitrogens with one attached hydrogen (secondary N) is 1. The van der Waals surface area contributed by atoms with Crippen molar-refractivity contribution in [3.05, 3.63) is 47.7 Å². The highest BCUT2D eigenvalue weighted by atomic mass is 15.2. The third-order valence-corrected chi connectivity index (χ3v) is 2.41. The minimum Gasteiger partial charge on any atom is -0.383 e. The van der Waals surface area contributed by atoms with Gasteiger partial charge in [-0.15, -0.1) is 0 Å². The number of pyridine rings is 1. The Bertz CT molecular complexity index is 499. The molecule has 0 saturated heterocycles. The Morgan fingerprint density at radius 3 is 2.59 bits per heavy atom. The Balaban J connectivity index is 2.46. The maximum Gasteiger partial charge on any atom is 0.151 e. The number of hydrogen-bond acceptors (Lipinski definition) is 6. The SMILES string of the molecule is Cc1cnc(N)c(C(NN)c2ncccn2)c1. The first kappa shape index (κ1) is 11.4. The molecule has 0 amide bonds. The normalized spacial score (nSPS) is 12.4. The van der Waals surface area contributed by atoms with Gasteiger partial charge in [0.1, 0.15) is 11.9 Å². The molecule has 2 aromatic heterocycles. The van der Waals surface area contributed by atoms with Crippen LogP contribution in [0.3, 0.4) is 0 Å². The van der Waals surface area contributed by atoms with Crippen molar-refractivity contribution in [1.82, 2.24) is 20.4 Å². The van der Waals surface area contributed by atoms with E-state index in [2.05, 4.69) is 20.4 Å². The number of hydrogen-bond donors (Lipinski definition) is 3. The molecule has 5 N–H and O–H groups in total. The van der Waals surface area contributed by atoms with Crippen LogP contribution in [0.2, 0.25) is 0 Å². The fraction of sp³-hybridized carbons (Fsp3) is 0.182. The molecule has 6 nitrogen and oxygen atoms in total. The number of nitrogens with zero attached hydrogens (tertiary/aromatic N) is 3. The zero-order chi connectivity index (χ0) is 12.3. The molecule has 0 saturated carbocycles. The van der Waals surface area contributed by atoms with E-state index in [1.807, 2.05) is 13.0 Å². The van der Waals surface area contributed by atoms with E-state index in [0.717, 1.165) is 11.1 Å².